The molecule has 0 saturated carbocycles. The van der Waals surface area contributed by atoms with Gasteiger partial charge in [-0.05, 0) is 36.8 Å². The molecule has 6 nitrogen and oxygen atoms in total. The second-order valence-electron chi connectivity index (χ2n) is 6.32. The molecule has 3 aromatic rings. The van der Waals surface area contributed by atoms with Crippen LogP contribution in [0, 0.1) is 0 Å². The number of aromatic nitrogens is 1. The first kappa shape index (κ1) is 21.6. The van der Waals surface area contributed by atoms with Crippen molar-refractivity contribution in [3.63, 3.8) is 0 Å². The Labute approximate surface area is 172 Å². The zero-order chi connectivity index (χ0) is 22.1. The number of amides is 1. The van der Waals surface area contributed by atoms with Gasteiger partial charge in [-0.1, -0.05) is 30.4 Å². The minimum absolute atomic E-state index is 0.0613. The van der Waals surface area contributed by atoms with Crippen LogP contribution in [0.15, 0.2) is 47.5 Å². The van der Waals surface area contributed by atoms with Gasteiger partial charge in [0, 0.05) is 5.56 Å². The van der Waals surface area contributed by atoms with E-state index < -0.39 is 29.7 Å². The molecule has 1 amide bonds. The van der Waals surface area contributed by atoms with Crippen LogP contribution in [0.25, 0.3) is 10.2 Å². The lowest BCUT2D eigenvalue weighted by Crippen LogP contribution is -2.27. The number of hydrogen-bond donors (Lipinski definition) is 1. The first-order chi connectivity index (χ1) is 14.2. The van der Waals surface area contributed by atoms with Gasteiger partial charge < -0.3 is 9.84 Å². The number of fused-ring (bicyclic) bond motifs is 1. The Morgan fingerprint density at radius 3 is 2.53 bits per heavy atom. The molecule has 0 aliphatic carbocycles. The van der Waals surface area contributed by atoms with E-state index in [-0.39, 0.29) is 16.8 Å². The number of nitrogens with zero attached hydrogens (tertiary/aromatic N) is 2. The van der Waals surface area contributed by atoms with Crippen LogP contribution in [0.4, 0.5) is 13.2 Å². The Kier molecular flexibility index (Phi) is 5.97. The van der Waals surface area contributed by atoms with E-state index in [1.165, 1.54) is 17.7 Å². The number of methoxy groups -OCH3 is 1. The maximum absolute atomic E-state index is 13.0. The molecule has 30 heavy (non-hydrogen) atoms. The highest BCUT2D eigenvalue weighted by Crippen LogP contribution is 2.31. The van der Waals surface area contributed by atoms with Gasteiger partial charge in [0.1, 0.15) is 17.3 Å². The first-order valence-corrected chi connectivity index (χ1v) is 9.66. The number of aliphatic carboxylic acids is 1. The van der Waals surface area contributed by atoms with Crippen molar-refractivity contribution in [2.24, 2.45) is 4.99 Å². The fraction of sp³-hybridized carbons (Fsp3) is 0.250. The number of benzene rings is 2. The second kappa shape index (κ2) is 8.31. The number of halogens is 3. The highest BCUT2D eigenvalue weighted by atomic mass is 32.1. The molecule has 0 spiro atoms. The number of rotatable bonds is 5. The van der Waals surface area contributed by atoms with Crippen molar-refractivity contribution >= 4 is 33.4 Å². The summed E-state index contributed by atoms with van der Waals surface area (Å²) in [5.74, 6) is -1.63. The summed E-state index contributed by atoms with van der Waals surface area (Å²) in [6, 6.07) is 7.98. The summed E-state index contributed by atoms with van der Waals surface area (Å²) >= 11 is 1.06. The standard InChI is InChI=1S/C20H17F3N2O4S/c1-3-13(18(27)28)25-16-14(29-2)8-5-9-15(16)30-19(25)24-17(26)11-6-4-7-12(10-11)20(21,22)23/h4-10,13H,3H2,1-2H3,(H,27,28). The van der Waals surface area contributed by atoms with E-state index in [0.29, 0.717) is 16.0 Å². The van der Waals surface area contributed by atoms with Gasteiger partial charge in [-0.25, -0.2) is 4.79 Å². The Morgan fingerprint density at radius 2 is 1.93 bits per heavy atom. The summed E-state index contributed by atoms with van der Waals surface area (Å²) in [6.07, 6.45) is -4.40. The fourth-order valence-electron chi connectivity index (χ4n) is 3.04. The van der Waals surface area contributed by atoms with Gasteiger partial charge >= 0.3 is 12.1 Å². The third kappa shape index (κ3) is 4.09. The minimum Gasteiger partial charge on any atom is -0.495 e. The average Bonchev–Trinajstić information content (AvgIpc) is 3.05. The van der Waals surface area contributed by atoms with Crippen molar-refractivity contribution < 1.29 is 32.6 Å². The summed E-state index contributed by atoms with van der Waals surface area (Å²) in [4.78, 5) is 28.5. The molecule has 10 heteroatoms. The van der Waals surface area contributed by atoms with E-state index in [4.69, 9.17) is 4.74 Å². The molecule has 0 aliphatic rings. The average molecular weight is 438 g/mol. The van der Waals surface area contributed by atoms with Gasteiger partial charge in [0.25, 0.3) is 5.91 Å². The summed E-state index contributed by atoms with van der Waals surface area (Å²) < 4.78 is 46.2. The minimum atomic E-state index is -4.60. The number of hydrogen-bond acceptors (Lipinski definition) is 4. The maximum Gasteiger partial charge on any atom is 0.416 e. The van der Waals surface area contributed by atoms with Crippen LogP contribution in [0.5, 0.6) is 5.75 Å². The van der Waals surface area contributed by atoms with Crippen LogP contribution < -0.4 is 9.54 Å². The molecule has 1 atom stereocenters. The van der Waals surface area contributed by atoms with Gasteiger partial charge in [0.05, 0.1) is 17.4 Å². The van der Waals surface area contributed by atoms with Crippen LogP contribution in [0.1, 0.15) is 35.3 Å². The number of carbonyl (C=O) groups is 2. The number of para-hydroxylation sites is 1. The lowest BCUT2D eigenvalue weighted by Gasteiger charge is -2.15. The number of thiazole rings is 1. The molecule has 1 N–H and O–H groups in total. The number of carbonyl (C=O) groups excluding carboxylic acids is 1. The normalized spacial score (nSPS) is 13.4. The van der Waals surface area contributed by atoms with Crippen LogP contribution in [-0.2, 0) is 11.0 Å². The molecular formula is C20H17F3N2O4S. The van der Waals surface area contributed by atoms with Crippen LogP contribution in [0.2, 0.25) is 0 Å². The summed E-state index contributed by atoms with van der Waals surface area (Å²) in [5.41, 5.74) is -0.759. The third-order valence-corrected chi connectivity index (χ3v) is 5.47. The van der Waals surface area contributed by atoms with Crippen LogP contribution in [-0.4, -0.2) is 28.7 Å². The molecule has 0 bridgehead atoms. The van der Waals surface area contributed by atoms with Gasteiger partial charge in [-0.2, -0.15) is 18.2 Å². The van der Waals surface area contributed by atoms with E-state index >= 15 is 0 Å². The summed E-state index contributed by atoms with van der Waals surface area (Å²) in [5, 5.41) is 9.66. The lowest BCUT2D eigenvalue weighted by molar-refractivity contribution is -0.141. The number of alkyl halides is 3. The number of carboxylic acid groups (broad SMARTS) is 1. The summed E-state index contributed by atoms with van der Waals surface area (Å²) in [7, 11) is 1.43. The third-order valence-electron chi connectivity index (χ3n) is 4.45. The van der Waals surface area contributed by atoms with Crippen LogP contribution in [0.3, 0.4) is 0 Å². The molecule has 3 rings (SSSR count). The molecule has 1 aromatic heterocycles. The quantitative estimate of drug-likeness (QED) is 0.636. The first-order valence-electron chi connectivity index (χ1n) is 8.84. The van der Waals surface area contributed by atoms with Crippen LogP contribution >= 0.6 is 11.3 Å². The highest BCUT2D eigenvalue weighted by molar-refractivity contribution is 7.16. The highest BCUT2D eigenvalue weighted by Gasteiger charge is 2.31. The smallest absolute Gasteiger partial charge is 0.416 e. The van der Waals surface area contributed by atoms with Crippen molar-refractivity contribution in [3.05, 3.63) is 58.4 Å². The van der Waals surface area contributed by atoms with Crippen molar-refractivity contribution in [2.45, 2.75) is 25.6 Å². The van der Waals surface area contributed by atoms with E-state index in [1.54, 1.807) is 25.1 Å². The van der Waals surface area contributed by atoms with Crippen molar-refractivity contribution in [2.75, 3.05) is 7.11 Å². The molecule has 2 aromatic carbocycles. The predicted octanol–water partition coefficient (Wildman–Crippen LogP) is 4.51. The Balaban J connectivity index is 2.24. The van der Waals surface area contributed by atoms with E-state index in [1.807, 2.05) is 0 Å². The van der Waals surface area contributed by atoms with E-state index in [9.17, 15) is 27.9 Å². The monoisotopic (exact) mass is 438 g/mol. The molecule has 158 valence electrons. The molecule has 1 unspecified atom stereocenters. The SMILES string of the molecule is CCC(C(=O)O)n1c(=NC(=O)c2cccc(C(F)(F)F)c2)sc2cccc(OC)c21. The van der Waals surface area contributed by atoms with Gasteiger partial charge in [-0.3, -0.25) is 9.36 Å². The molecule has 0 radical (unpaired) electrons. The van der Waals surface area contributed by atoms with E-state index in [0.717, 1.165) is 29.5 Å². The van der Waals surface area contributed by atoms with Gasteiger partial charge in [0.15, 0.2) is 4.80 Å². The zero-order valence-corrected chi connectivity index (χ0v) is 16.8. The molecule has 1 heterocycles. The van der Waals surface area contributed by atoms with Crippen molar-refractivity contribution in [1.82, 2.24) is 4.57 Å². The Hall–Kier alpha value is -3.14. The van der Waals surface area contributed by atoms with Crippen molar-refractivity contribution in [1.29, 1.82) is 0 Å². The van der Waals surface area contributed by atoms with E-state index in [2.05, 4.69) is 4.99 Å². The van der Waals surface area contributed by atoms with Gasteiger partial charge in [-0.15, -0.1) is 0 Å². The van der Waals surface area contributed by atoms with Crippen molar-refractivity contribution in [3.8, 4) is 5.75 Å². The topological polar surface area (TPSA) is 80.9 Å². The largest absolute Gasteiger partial charge is 0.495 e. The Bertz CT molecular complexity index is 1180. The molecular weight excluding hydrogens is 421 g/mol. The second-order valence-corrected chi connectivity index (χ2v) is 7.33. The predicted molar refractivity (Wildman–Crippen MR) is 105 cm³/mol. The molecule has 0 aliphatic heterocycles. The maximum atomic E-state index is 13.0. The fourth-order valence-corrected chi connectivity index (χ4v) is 4.13. The van der Waals surface area contributed by atoms with Gasteiger partial charge in [0.2, 0.25) is 0 Å². The molecule has 0 saturated heterocycles. The Morgan fingerprint density at radius 1 is 1.23 bits per heavy atom. The number of ether oxygens (including phenoxy) is 1. The summed E-state index contributed by atoms with van der Waals surface area (Å²) in [6.45, 7) is 1.67. The number of carboxylic acids is 1. The molecule has 0 fully saturated rings. The zero-order valence-electron chi connectivity index (χ0n) is 15.9. The lowest BCUT2D eigenvalue weighted by atomic mass is 10.1.